The van der Waals surface area contributed by atoms with Gasteiger partial charge in [-0.1, -0.05) is 30.3 Å². The van der Waals surface area contributed by atoms with Gasteiger partial charge in [0.15, 0.2) is 5.52 Å². The van der Waals surface area contributed by atoms with Crippen molar-refractivity contribution >= 4 is 28.5 Å². The third-order valence-corrected chi connectivity index (χ3v) is 6.77. The van der Waals surface area contributed by atoms with E-state index in [-0.39, 0.29) is 23.0 Å². The summed E-state index contributed by atoms with van der Waals surface area (Å²) in [6.45, 7) is 1.36. The van der Waals surface area contributed by atoms with Crippen molar-refractivity contribution in [3.8, 4) is 0 Å². The van der Waals surface area contributed by atoms with Crippen LogP contribution in [0.1, 0.15) is 47.0 Å². The maximum atomic E-state index is 13.1. The number of carbonyl (C=O) groups is 1. The number of likely N-dealkylation sites (tertiary alicyclic amines) is 1. The quantitative estimate of drug-likeness (QED) is 0.716. The number of nitrogens with zero attached hydrogens (tertiary/aromatic N) is 3. The number of carbonyl (C=O) groups excluding carboxylic acids is 1. The van der Waals surface area contributed by atoms with Crippen LogP contribution in [-0.2, 0) is 6.42 Å². The molecule has 1 aliphatic heterocycles. The van der Waals surface area contributed by atoms with Crippen LogP contribution in [0.2, 0.25) is 0 Å². The predicted octanol–water partition coefficient (Wildman–Crippen LogP) is 2.58. The molecule has 5 rings (SSSR count). The summed E-state index contributed by atoms with van der Waals surface area (Å²) in [6, 6.07) is 10.4. The number of piperidine rings is 1. The second-order valence-corrected chi connectivity index (χ2v) is 8.77. The van der Waals surface area contributed by atoms with E-state index in [1.807, 2.05) is 11.0 Å². The van der Waals surface area contributed by atoms with Crippen molar-refractivity contribution in [1.82, 2.24) is 18.8 Å². The molecule has 3 heterocycles. The second-order valence-electron chi connectivity index (χ2n) is 8.00. The first-order valence-electron chi connectivity index (χ1n) is 10.1. The Labute approximate surface area is 171 Å². The van der Waals surface area contributed by atoms with Gasteiger partial charge >= 0.3 is 5.69 Å². The Morgan fingerprint density at radius 3 is 2.52 bits per heavy atom. The van der Waals surface area contributed by atoms with Crippen molar-refractivity contribution in [3.63, 3.8) is 0 Å². The number of aromatic amines is 1. The molecule has 1 aromatic carbocycles. The first-order chi connectivity index (χ1) is 14.1. The van der Waals surface area contributed by atoms with Crippen LogP contribution in [0.25, 0.3) is 11.0 Å². The Morgan fingerprint density at radius 2 is 1.83 bits per heavy atom. The third-order valence-electron chi connectivity index (χ3n) is 5.94. The van der Waals surface area contributed by atoms with Crippen LogP contribution in [0, 0.1) is 5.92 Å². The predicted molar refractivity (Wildman–Crippen MR) is 112 cm³/mol. The van der Waals surface area contributed by atoms with Gasteiger partial charge in [-0.25, -0.2) is 4.79 Å². The number of hydrogen-bond donors (Lipinski definition) is 1. The van der Waals surface area contributed by atoms with Crippen molar-refractivity contribution in [2.24, 2.45) is 5.92 Å². The van der Waals surface area contributed by atoms with Crippen LogP contribution < -0.4 is 11.2 Å². The minimum absolute atomic E-state index is 0.0276. The van der Waals surface area contributed by atoms with Crippen LogP contribution in [0.4, 0.5) is 0 Å². The summed E-state index contributed by atoms with van der Waals surface area (Å²) < 4.78 is 5.45. The standard InChI is InChI=1S/C21H22N4O3S/c26-19-17-16(22-21(28)25(19)15-6-7-15)18(29-23-17)20(27)24-10-8-14(9-11-24)12-13-4-2-1-3-5-13/h1-5,14-15H,6-12H2,(H,22,28). The third kappa shape index (κ3) is 3.42. The lowest BCUT2D eigenvalue weighted by atomic mass is 9.90. The lowest BCUT2D eigenvalue weighted by Gasteiger charge is -2.31. The van der Waals surface area contributed by atoms with E-state index in [1.54, 1.807) is 0 Å². The maximum absolute atomic E-state index is 13.1. The van der Waals surface area contributed by atoms with Crippen molar-refractivity contribution < 1.29 is 4.79 Å². The molecule has 29 heavy (non-hydrogen) atoms. The van der Waals surface area contributed by atoms with Crippen molar-refractivity contribution in [2.45, 2.75) is 38.1 Å². The molecule has 8 heteroatoms. The van der Waals surface area contributed by atoms with E-state index < -0.39 is 5.69 Å². The van der Waals surface area contributed by atoms with Gasteiger partial charge in [0, 0.05) is 19.1 Å². The zero-order valence-corrected chi connectivity index (χ0v) is 16.8. The highest BCUT2D eigenvalue weighted by atomic mass is 32.1. The Morgan fingerprint density at radius 1 is 1.10 bits per heavy atom. The zero-order valence-electron chi connectivity index (χ0n) is 16.0. The second kappa shape index (κ2) is 7.26. The Balaban J connectivity index is 1.33. The summed E-state index contributed by atoms with van der Waals surface area (Å²) in [5, 5.41) is 0. The zero-order chi connectivity index (χ0) is 20.0. The monoisotopic (exact) mass is 410 g/mol. The fourth-order valence-corrected chi connectivity index (χ4v) is 4.97. The minimum Gasteiger partial charge on any atom is -0.338 e. The number of benzene rings is 1. The lowest BCUT2D eigenvalue weighted by Crippen LogP contribution is -2.39. The van der Waals surface area contributed by atoms with Gasteiger partial charge in [-0.15, -0.1) is 0 Å². The average Bonchev–Trinajstić information content (AvgIpc) is 3.47. The molecule has 1 amide bonds. The van der Waals surface area contributed by atoms with Crippen LogP contribution in [0.5, 0.6) is 0 Å². The van der Waals surface area contributed by atoms with E-state index in [0.29, 0.717) is 29.4 Å². The molecule has 2 aliphatic rings. The van der Waals surface area contributed by atoms with Gasteiger partial charge in [-0.05, 0) is 55.1 Å². The molecule has 0 unspecified atom stereocenters. The first kappa shape index (κ1) is 18.3. The molecule has 0 bridgehead atoms. The molecule has 1 saturated carbocycles. The summed E-state index contributed by atoms with van der Waals surface area (Å²) in [4.78, 5) is 43.0. The number of aromatic nitrogens is 3. The summed E-state index contributed by atoms with van der Waals surface area (Å²) in [7, 11) is 0. The molecule has 2 aromatic heterocycles. The van der Waals surface area contributed by atoms with E-state index in [4.69, 9.17) is 0 Å². The smallest absolute Gasteiger partial charge is 0.329 e. The number of fused-ring (bicyclic) bond motifs is 1. The average molecular weight is 410 g/mol. The molecule has 0 spiro atoms. The minimum atomic E-state index is -0.444. The molecule has 150 valence electrons. The molecular weight excluding hydrogens is 388 g/mol. The van der Waals surface area contributed by atoms with E-state index in [2.05, 4.69) is 33.6 Å². The molecule has 1 saturated heterocycles. The fraction of sp³-hybridized carbons (Fsp3) is 0.429. The van der Waals surface area contributed by atoms with Gasteiger partial charge in [0.05, 0.1) is 5.52 Å². The summed E-state index contributed by atoms with van der Waals surface area (Å²) in [5.74, 6) is 0.417. The highest BCUT2D eigenvalue weighted by molar-refractivity contribution is 7.09. The Hall–Kier alpha value is -2.74. The van der Waals surface area contributed by atoms with Crippen LogP contribution >= 0.6 is 11.5 Å². The molecule has 7 nitrogen and oxygen atoms in total. The van der Waals surface area contributed by atoms with Gasteiger partial charge in [-0.2, -0.15) is 4.37 Å². The van der Waals surface area contributed by atoms with Gasteiger partial charge in [0.25, 0.3) is 11.5 Å². The van der Waals surface area contributed by atoms with Crippen LogP contribution in [-0.4, -0.2) is 37.8 Å². The highest BCUT2D eigenvalue weighted by Gasteiger charge is 2.31. The van der Waals surface area contributed by atoms with E-state index in [9.17, 15) is 14.4 Å². The summed E-state index contributed by atoms with van der Waals surface area (Å²) >= 11 is 1.01. The van der Waals surface area contributed by atoms with Crippen molar-refractivity contribution in [3.05, 3.63) is 61.6 Å². The number of nitrogens with one attached hydrogen (secondary N) is 1. The van der Waals surface area contributed by atoms with Crippen LogP contribution in [0.15, 0.2) is 39.9 Å². The van der Waals surface area contributed by atoms with E-state index >= 15 is 0 Å². The number of amides is 1. The topological polar surface area (TPSA) is 88.1 Å². The number of hydrogen-bond acceptors (Lipinski definition) is 5. The molecular formula is C21H22N4O3S. The molecule has 1 aliphatic carbocycles. The lowest BCUT2D eigenvalue weighted by molar-refractivity contribution is 0.0697. The summed E-state index contributed by atoms with van der Waals surface area (Å²) in [6.07, 6.45) is 4.59. The molecule has 0 atom stereocenters. The largest absolute Gasteiger partial charge is 0.338 e. The van der Waals surface area contributed by atoms with Crippen molar-refractivity contribution in [1.29, 1.82) is 0 Å². The van der Waals surface area contributed by atoms with E-state index in [1.165, 1.54) is 10.1 Å². The number of H-pyrrole nitrogens is 1. The van der Waals surface area contributed by atoms with Gasteiger partial charge in [-0.3, -0.25) is 14.2 Å². The molecule has 3 aromatic rings. The fourth-order valence-electron chi connectivity index (χ4n) is 4.17. The van der Waals surface area contributed by atoms with Gasteiger partial charge < -0.3 is 9.88 Å². The van der Waals surface area contributed by atoms with E-state index in [0.717, 1.165) is 43.6 Å². The summed E-state index contributed by atoms with van der Waals surface area (Å²) in [5.41, 5.74) is 0.987. The number of rotatable bonds is 4. The van der Waals surface area contributed by atoms with Crippen LogP contribution in [0.3, 0.4) is 0 Å². The SMILES string of the molecule is O=C(c1snc2c(=O)n(C3CC3)c(=O)[nH]c12)N1CCC(Cc2ccccc2)CC1. The first-order valence-corrected chi connectivity index (χ1v) is 10.9. The Bertz CT molecular complexity index is 1170. The maximum Gasteiger partial charge on any atom is 0.329 e. The highest BCUT2D eigenvalue weighted by Crippen LogP contribution is 2.32. The molecule has 2 fully saturated rings. The van der Waals surface area contributed by atoms with Gasteiger partial charge in [0.1, 0.15) is 4.88 Å². The molecule has 0 radical (unpaired) electrons. The normalized spacial score (nSPS) is 17.7. The van der Waals surface area contributed by atoms with Crippen molar-refractivity contribution in [2.75, 3.05) is 13.1 Å². The molecule has 1 N–H and O–H groups in total. The Kier molecular flexibility index (Phi) is 4.58. The van der Waals surface area contributed by atoms with Gasteiger partial charge in [0.2, 0.25) is 0 Å².